The van der Waals surface area contributed by atoms with E-state index in [1.807, 2.05) is 13.8 Å². The van der Waals surface area contributed by atoms with Crippen LogP contribution in [0.5, 0.6) is 0 Å². The number of aliphatic hydroxyl groups is 1. The molecule has 1 unspecified atom stereocenters. The van der Waals surface area contributed by atoms with Gasteiger partial charge in [0.15, 0.2) is 5.79 Å². The zero-order valence-electron chi connectivity index (χ0n) is 17.7. The summed E-state index contributed by atoms with van der Waals surface area (Å²) in [5.74, 6) is 0.110. The van der Waals surface area contributed by atoms with E-state index in [0.717, 1.165) is 25.7 Å². The second kappa shape index (κ2) is 5.04. The fourth-order valence-electron chi connectivity index (χ4n) is 9.04. The molecule has 5 nitrogen and oxygen atoms in total. The molecule has 0 aromatic rings. The molecule has 0 aromatic carbocycles. The van der Waals surface area contributed by atoms with E-state index in [2.05, 4.69) is 20.8 Å². The second-order valence-electron chi connectivity index (χ2n) is 11.8. The molecule has 10 atom stereocenters. The van der Waals surface area contributed by atoms with E-state index >= 15 is 0 Å². The van der Waals surface area contributed by atoms with Crippen molar-refractivity contribution in [3.8, 4) is 0 Å². The summed E-state index contributed by atoms with van der Waals surface area (Å²) < 4.78 is 19.6. The number of carbonyl (C=O) groups excluding carboxylic acids is 1. The average Bonchev–Trinajstić information content (AvgIpc) is 3.06. The third-order valence-corrected chi connectivity index (χ3v) is 9.95. The van der Waals surface area contributed by atoms with Crippen LogP contribution in [0.25, 0.3) is 0 Å². The summed E-state index contributed by atoms with van der Waals surface area (Å²) in [5.41, 5.74) is -0.894. The molecule has 2 bridgehead atoms. The van der Waals surface area contributed by atoms with Gasteiger partial charge in [-0.3, -0.25) is 4.79 Å². The predicted molar refractivity (Wildman–Crippen MR) is 101 cm³/mol. The molecule has 2 spiro atoms. The Balaban J connectivity index is 1.61. The summed E-state index contributed by atoms with van der Waals surface area (Å²) >= 11 is 0. The van der Waals surface area contributed by atoms with Crippen LogP contribution >= 0.6 is 0 Å². The molecule has 6 aliphatic rings. The molecular weight excluding hydrogens is 356 g/mol. The number of hydrogen-bond donors (Lipinski definition) is 1. The van der Waals surface area contributed by atoms with Gasteiger partial charge in [0.05, 0.1) is 36.4 Å². The number of rotatable bonds is 0. The Hall–Kier alpha value is -0.490. The summed E-state index contributed by atoms with van der Waals surface area (Å²) in [7, 11) is 0. The molecule has 6 rings (SSSR count). The zero-order chi connectivity index (χ0) is 19.9. The molecule has 0 radical (unpaired) electrons. The molecule has 5 heteroatoms. The maximum atomic E-state index is 13.9. The molecule has 2 saturated heterocycles. The third kappa shape index (κ3) is 1.75. The first kappa shape index (κ1) is 18.3. The minimum atomic E-state index is -0.675. The van der Waals surface area contributed by atoms with Crippen molar-refractivity contribution in [1.82, 2.24) is 0 Å². The summed E-state index contributed by atoms with van der Waals surface area (Å²) in [6.45, 7) is 11.3. The van der Waals surface area contributed by atoms with E-state index in [-0.39, 0.29) is 46.9 Å². The van der Waals surface area contributed by atoms with Gasteiger partial charge in [-0.15, -0.1) is 0 Å². The van der Waals surface area contributed by atoms with E-state index in [0.29, 0.717) is 18.3 Å². The molecule has 1 N–H and O–H groups in total. The van der Waals surface area contributed by atoms with Gasteiger partial charge in [0, 0.05) is 17.3 Å². The fourth-order valence-corrected chi connectivity index (χ4v) is 9.04. The Morgan fingerprint density at radius 3 is 2.61 bits per heavy atom. The molecular formula is C23H34O5. The van der Waals surface area contributed by atoms with Crippen LogP contribution in [0.1, 0.15) is 60.3 Å². The predicted octanol–water partition coefficient (Wildman–Crippen LogP) is 2.93. The van der Waals surface area contributed by atoms with Crippen LogP contribution in [0, 0.1) is 39.9 Å². The molecule has 0 amide bonds. The van der Waals surface area contributed by atoms with Gasteiger partial charge in [0.25, 0.3) is 0 Å². The lowest BCUT2D eigenvalue weighted by atomic mass is 9.39. The van der Waals surface area contributed by atoms with Crippen LogP contribution in [0.2, 0.25) is 0 Å². The molecule has 2 heterocycles. The van der Waals surface area contributed by atoms with Gasteiger partial charge in [-0.1, -0.05) is 20.8 Å². The van der Waals surface area contributed by atoms with Crippen molar-refractivity contribution in [2.75, 3.05) is 6.61 Å². The maximum absolute atomic E-state index is 13.9. The lowest BCUT2D eigenvalue weighted by molar-refractivity contribution is -0.384. The molecule has 28 heavy (non-hydrogen) atoms. The molecule has 4 aliphatic carbocycles. The Morgan fingerprint density at radius 1 is 1.11 bits per heavy atom. The van der Waals surface area contributed by atoms with E-state index in [4.69, 9.17) is 14.2 Å². The molecule has 0 aromatic heterocycles. The van der Waals surface area contributed by atoms with Crippen molar-refractivity contribution in [3.63, 3.8) is 0 Å². The Kier molecular flexibility index (Phi) is 3.29. The Morgan fingerprint density at radius 2 is 1.86 bits per heavy atom. The smallest absolute Gasteiger partial charge is 0.163 e. The monoisotopic (exact) mass is 390 g/mol. The first-order valence-electron chi connectivity index (χ1n) is 11.3. The lowest BCUT2D eigenvalue weighted by Crippen LogP contribution is -2.75. The van der Waals surface area contributed by atoms with Crippen molar-refractivity contribution in [2.45, 2.75) is 90.5 Å². The quantitative estimate of drug-likeness (QED) is 0.689. The van der Waals surface area contributed by atoms with Gasteiger partial charge < -0.3 is 19.3 Å². The standard InChI is InChI=1S/C23H34O5/c1-11-12-8-13-17-22(10-26-13)14(20(2,3)7-6-15(22)24)9-16-23(17,18(11)25)19(12)28-21(4,5)27-16/h11-17,19,24H,6-10H2,1-5H3/t11-,12+,13-,14-,15-,16-,17+,19-,22+,23?/m1/s1. The number of Topliss-reactive ketones (excluding diaryl/α,β-unsaturated/α-hetero) is 1. The Bertz CT molecular complexity index is 745. The number of ether oxygens (including phenoxy) is 3. The van der Waals surface area contributed by atoms with Gasteiger partial charge in [-0.2, -0.15) is 0 Å². The van der Waals surface area contributed by atoms with E-state index in [1.54, 1.807) is 0 Å². The van der Waals surface area contributed by atoms with Gasteiger partial charge in [-0.25, -0.2) is 0 Å². The highest BCUT2D eigenvalue weighted by Gasteiger charge is 2.83. The molecule has 4 saturated carbocycles. The minimum Gasteiger partial charge on any atom is -0.392 e. The first-order chi connectivity index (χ1) is 13.1. The fraction of sp³-hybridized carbons (Fsp3) is 0.957. The lowest BCUT2D eigenvalue weighted by Gasteiger charge is -2.68. The minimum absolute atomic E-state index is 0.00752. The van der Waals surface area contributed by atoms with E-state index < -0.39 is 17.3 Å². The number of hydrogen-bond acceptors (Lipinski definition) is 5. The highest BCUT2D eigenvalue weighted by atomic mass is 16.7. The van der Waals surface area contributed by atoms with Crippen molar-refractivity contribution >= 4 is 5.78 Å². The van der Waals surface area contributed by atoms with Crippen LogP contribution in [-0.2, 0) is 19.0 Å². The van der Waals surface area contributed by atoms with Crippen molar-refractivity contribution in [1.29, 1.82) is 0 Å². The van der Waals surface area contributed by atoms with Gasteiger partial charge in [0.1, 0.15) is 5.78 Å². The van der Waals surface area contributed by atoms with Crippen molar-refractivity contribution in [3.05, 3.63) is 0 Å². The van der Waals surface area contributed by atoms with Gasteiger partial charge >= 0.3 is 0 Å². The van der Waals surface area contributed by atoms with Crippen LogP contribution in [-0.4, -0.2) is 47.7 Å². The van der Waals surface area contributed by atoms with Crippen molar-refractivity contribution < 1.29 is 24.1 Å². The maximum Gasteiger partial charge on any atom is 0.163 e. The van der Waals surface area contributed by atoms with Crippen LogP contribution in [0.3, 0.4) is 0 Å². The second-order valence-corrected chi connectivity index (χ2v) is 11.8. The zero-order valence-corrected chi connectivity index (χ0v) is 17.7. The highest BCUT2D eigenvalue weighted by Crippen LogP contribution is 2.75. The summed E-state index contributed by atoms with van der Waals surface area (Å²) in [6.07, 6.45) is 2.87. The van der Waals surface area contributed by atoms with Gasteiger partial charge in [-0.05, 0) is 56.8 Å². The Labute approximate surface area is 167 Å². The first-order valence-corrected chi connectivity index (χ1v) is 11.3. The molecule has 156 valence electrons. The average molecular weight is 391 g/mol. The summed E-state index contributed by atoms with van der Waals surface area (Å²) in [5, 5.41) is 11.4. The van der Waals surface area contributed by atoms with Crippen LogP contribution < -0.4 is 0 Å². The SMILES string of the molecule is C[C@H]1C(=O)C23[C@@H]4OC(C)(C)O[C@@H]2C[C@@H]2C(C)(C)CC[C@@H](O)[C@]25CO[C@H](C[C@H]41)[C@H]35. The third-order valence-electron chi connectivity index (χ3n) is 9.95. The van der Waals surface area contributed by atoms with Crippen LogP contribution in [0.15, 0.2) is 0 Å². The topological polar surface area (TPSA) is 65.0 Å². The van der Waals surface area contributed by atoms with Crippen LogP contribution in [0.4, 0.5) is 0 Å². The molecule has 6 fully saturated rings. The summed E-state index contributed by atoms with van der Waals surface area (Å²) in [4.78, 5) is 13.9. The van der Waals surface area contributed by atoms with E-state index in [1.165, 1.54) is 0 Å². The summed E-state index contributed by atoms with van der Waals surface area (Å²) in [6, 6.07) is 0. The van der Waals surface area contributed by atoms with E-state index in [9.17, 15) is 9.90 Å². The highest BCUT2D eigenvalue weighted by molar-refractivity contribution is 5.92. The normalized spacial score (nSPS) is 60.3. The van der Waals surface area contributed by atoms with Gasteiger partial charge in [0.2, 0.25) is 0 Å². The number of ketones is 1. The number of aliphatic hydroxyl groups excluding tert-OH is 1. The largest absolute Gasteiger partial charge is 0.392 e. The van der Waals surface area contributed by atoms with Crippen molar-refractivity contribution in [2.24, 2.45) is 39.9 Å². The molecule has 2 aliphatic heterocycles. The number of carbonyl (C=O) groups is 1.